The number of hydrogen-bond acceptors (Lipinski definition) is 3. The van der Waals surface area contributed by atoms with Crippen LogP contribution in [0.15, 0.2) is 0 Å². The number of aliphatic carboxylic acids is 1. The van der Waals surface area contributed by atoms with Crippen molar-refractivity contribution in [2.24, 2.45) is 5.92 Å². The zero-order chi connectivity index (χ0) is 15.4. The predicted molar refractivity (Wildman–Crippen MR) is 70.2 cm³/mol. The summed E-state index contributed by atoms with van der Waals surface area (Å²) in [5.41, 5.74) is 0. The quantitative estimate of drug-likeness (QED) is 0.779. The van der Waals surface area contributed by atoms with E-state index in [0.717, 1.165) is 4.31 Å². The monoisotopic (exact) mass is 313 g/mol. The van der Waals surface area contributed by atoms with E-state index in [0.29, 0.717) is 19.3 Å². The molecule has 1 aliphatic rings. The fraction of sp³-hybridized carbons (Fsp3) is 0.917. The minimum absolute atomic E-state index is 0.0346. The Morgan fingerprint density at radius 2 is 2.05 bits per heavy atom. The van der Waals surface area contributed by atoms with Gasteiger partial charge in [-0.2, -0.15) is 4.31 Å². The molecule has 0 aromatic carbocycles. The number of rotatable bonds is 7. The Hall–Kier alpha value is -0.760. The second kappa shape index (κ2) is 6.80. The van der Waals surface area contributed by atoms with Crippen LogP contribution < -0.4 is 0 Å². The van der Waals surface area contributed by atoms with Crippen molar-refractivity contribution >= 4 is 16.0 Å². The topological polar surface area (TPSA) is 74.7 Å². The van der Waals surface area contributed by atoms with Gasteiger partial charge in [0, 0.05) is 18.9 Å². The van der Waals surface area contributed by atoms with E-state index in [9.17, 15) is 22.0 Å². The fourth-order valence-corrected chi connectivity index (χ4v) is 4.35. The largest absolute Gasteiger partial charge is 0.480 e. The molecule has 0 spiro atoms. The fourth-order valence-electron chi connectivity index (χ4n) is 2.45. The highest BCUT2D eigenvalue weighted by Crippen LogP contribution is 2.39. The van der Waals surface area contributed by atoms with Crippen LogP contribution in [0.3, 0.4) is 0 Å². The third kappa shape index (κ3) is 4.66. The summed E-state index contributed by atoms with van der Waals surface area (Å²) >= 11 is 0. The molecule has 1 rings (SSSR count). The predicted octanol–water partition coefficient (Wildman–Crippen LogP) is 1.94. The minimum Gasteiger partial charge on any atom is -0.480 e. The molecule has 0 bridgehead atoms. The summed E-state index contributed by atoms with van der Waals surface area (Å²) in [5, 5.41) is 8.73. The second-order valence-electron chi connectivity index (χ2n) is 5.21. The molecule has 1 unspecified atom stereocenters. The van der Waals surface area contributed by atoms with Crippen molar-refractivity contribution in [3.8, 4) is 0 Å². The highest BCUT2D eigenvalue weighted by atomic mass is 32.2. The highest BCUT2D eigenvalue weighted by Gasteiger charge is 2.44. The zero-order valence-electron chi connectivity index (χ0n) is 11.5. The van der Waals surface area contributed by atoms with Gasteiger partial charge in [-0.3, -0.25) is 4.79 Å². The molecule has 1 saturated carbocycles. The number of nitrogens with zero attached hydrogens (tertiary/aromatic N) is 1. The number of hydrogen-bond donors (Lipinski definition) is 1. The summed E-state index contributed by atoms with van der Waals surface area (Å²) in [6.07, 6.45) is 1.30. The van der Waals surface area contributed by atoms with Crippen LogP contribution in [0, 0.1) is 5.92 Å². The lowest BCUT2D eigenvalue weighted by Gasteiger charge is -2.32. The molecule has 0 aromatic heterocycles. The normalized spacial score (nSPS) is 22.9. The molecular weight excluding hydrogens is 292 g/mol. The van der Waals surface area contributed by atoms with Crippen molar-refractivity contribution in [2.45, 2.75) is 45.0 Å². The van der Waals surface area contributed by atoms with Crippen molar-refractivity contribution in [3.63, 3.8) is 0 Å². The Morgan fingerprint density at radius 1 is 1.40 bits per heavy atom. The summed E-state index contributed by atoms with van der Waals surface area (Å²) in [4.78, 5) is 10.7. The van der Waals surface area contributed by atoms with E-state index in [2.05, 4.69) is 0 Å². The van der Waals surface area contributed by atoms with Crippen LogP contribution in [0.1, 0.15) is 39.0 Å². The highest BCUT2D eigenvalue weighted by molar-refractivity contribution is 7.89. The molecule has 0 radical (unpaired) electrons. The second-order valence-corrected chi connectivity index (χ2v) is 7.22. The lowest BCUT2D eigenvalue weighted by atomic mass is 9.87. The molecule has 0 aromatic rings. The first-order valence-electron chi connectivity index (χ1n) is 6.76. The summed E-state index contributed by atoms with van der Waals surface area (Å²) < 4.78 is 52.5. The van der Waals surface area contributed by atoms with Gasteiger partial charge in [-0.05, 0) is 19.3 Å². The van der Waals surface area contributed by atoms with Gasteiger partial charge < -0.3 is 5.11 Å². The first kappa shape index (κ1) is 17.3. The number of carboxylic acids is 1. The van der Waals surface area contributed by atoms with E-state index in [1.54, 1.807) is 6.92 Å². The number of carboxylic acid groups (broad SMARTS) is 1. The maximum absolute atomic E-state index is 13.7. The Kier molecular flexibility index (Phi) is 5.88. The molecule has 1 N–H and O–H groups in total. The first-order valence-corrected chi connectivity index (χ1v) is 8.37. The Morgan fingerprint density at radius 3 is 2.55 bits per heavy atom. The van der Waals surface area contributed by atoms with Crippen LogP contribution >= 0.6 is 0 Å². The molecule has 1 fully saturated rings. The van der Waals surface area contributed by atoms with Gasteiger partial charge in [0.15, 0.2) is 0 Å². The number of halogens is 2. The van der Waals surface area contributed by atoms with Gasteiger partial charge in [-0.15, -0.1) is 0 Å². The summed E-state index contributed by atoms with van der Waals surface area (Å²) in [6.45, 7) is 1.07. The molecule has 118 valence electrons. The van der Waals surface area contributed by atoms with Gasteiger partial charge in [0.05, 0.1) is 5.75 Å². The van der Waals surface area contributed by atoms with Gasteiger partial charge in [-0.25, -0.2) is 17.2 Å². The molecule has 5 nitrogen and oxygen atoms in total. The van der Waals surface area contributed by atoms with Crippen molar-refractivity contribution in [3.05, 3.63) is 0 Å². The van der Waals surface area contributed by atoms with E-state index < -0.39 is 40.1 Å². The maximum atomic E-state index is 13.7. The minimum atomic E-state index is -3.98. The molecule has 0 heterocycles. The van der Waals surface area contributed by atoms with E-state index >= 15 is 0 Å². The van der Waals surface area contributed by atoms with Crippen molar-refractivity contribution < 1.29 is 27.1 Å². The average Bonchev–Trinajstić information content (AvgIpc) is 2.30. The molecule has 0 aliphatic heterocycles. The Balaban J connectivity index is 2.82. The van der Waals surface area contributed by atoms with Gasteiger partial charge in [0.2, 0.25) is 10.0 Å². The van der Waals surface area contributed by atoms with Gasteiger partial charge in [0.25, 0.3) is 5.92 Å². The van der Waals surface area contributed by atoms with Gasteiger partial charge in [0.1, 0.15) is 6.54 Å². The van der Waals surface area contributed by atoms with Crippen LogP contribution in [0.4, 0.5) is 8.78 Å². The van der Waals surface area contributed by atoms with E-state index in [4.69, 9.17) is 5.11 Å². The Bertz CT molecular complexity index is 439. The van der Waals surface area contributed by atoms with Crippen LogP contribution in [0.5, 0.6) is 0 Å². The van der Waals surface area contributed by atoms with Gasteiger partial charge in [-0.1, -0.05) is 13.3 Å². The third-order valence-corrected chi connectivity index (χ3v) is 5.42. The molecular formula is C12H21F2NO4S. The summed E-state index contributed by atoms with van der Waals surface area (Å²) in [6, 6.07) is 0. The standard InChI is InChI=1S/C12H21F2NO4S/c1-2-7-15(8-11(16)17)20(18,19)9-10-5-3-4-6-12(10,13)14/h10H,2-9H2,1H3,(H,16,17). The van der Waals surface area contributed by atoms with Crippen molar-refractivity contribution in [2.75, 3.05) is 18.8 Å². The van der Waals surface area contributed by atoms with E-state index in [-0.39, 0.29) is 19.4 Å². The third-order valence-electron chi connectivity index (χ3n) is 3.50. The summed E-state index contributed by atoms with van der Waals surface area (Å²) in [5.74, 6) is -6.15. The number of alkyl halides is 2. The molecule has 8 heteroatoms. The molecule has 20 heavy (non-hydrogen) atoms. The average molecular weight is 313 g/mol. The van der Waals surface area contributed by atoms with Gasteiger partial charge >= 0.3 is 5.97 Å². The maximum Gasteiger partial charge on any atom is 0.318 e. The molecule has 1 aliphatic carbocycles. The summed E-state index contributed by atoms with van der Waals surface area (Å²) in [7, 11) is -3.98. The lowest BCUT2D eigenvalue weighted by Crippen LogP contribution is -2.43. The van der Waals surface area contributed by atoms with Crippen molar-refractivity contribution in [1.29, 1.82) is 0 Å². The Labute approximate surface area is 118 Å². The lowest BCUT2D eigenvalue weighted by molar-refractivity contribution is -0.137. The molecule has 0 amide bonds. The first-order chi connectivity index (χ1) is 9.19. The van der Waals surface area contributed by atoms with Crippen LogP contribution in [0.25, 0.3) is 0 Å². The van der Waals surface area contributed by atoms with E-state index in [1.165, 1.54) is 0 Å². The van der Waals surface area contributed by atoms with Crippen LogP contribution in [-0.2, 0) is 14.8 Å². The van der Waals surface area contributed by atoms with Crippen LogP contribution in [0.2, 0.25) is 0 Å². The molecule has 1 atom stereocenters. The van der Waals surface area contributed by atoms with Crippen molar-refractivity contribution in [1.82, 2.24) is 4.31 Å². The van der Waals surface area contributed by atoms with Crippen LogP contribution in [-0.4, -0.2) is 48.6 Å². The smallest absolute Gasteiger partial charge is 0.318 e. The SMILES string of the molecule is CCCN(CC(=O)O)S(=O)(=O)CC1CCCCC1(F)F. The number of carbonyl (C=O) groups is 1. The number of sulfonamides is 1. The van der Waals surface area contributed by atoms with E-state index in [1.807, 2.05) is 0 Å². The molecule has 0 saturated heterocycles. The zero-order valence-corrected chi connectivity index (χ0v) is 12.3.